The van der Waals surface area contributed by atoms with E-state index in [0.717, 1.165) is 22.5 Å². The fourth-order valence-corrected chi connectivity index (χ4v) is 11.2. The minimum Gasteiger partial charge on any atom is -0.490 e. The first-order valence-corrected chi connectivity index (χ1v) is 19.6. The molecule has 12 heteroatoms. The summed E-state index contributed by atoms with van der Waals surface area (Å²) >= 11 is 0. The Bertz CT molecular complexity index is 1630. The fourth-order valence-electron chi connectivity index (χ4n) is 6.48. The van der Waals surface area contributed by atoms with Gasteiger partial charge in [0.05, 0.1) is 29.9 Å². The number of alkyl halides is 3. The van der Waals surface area contributed by atoms with Gasteiger partial charge in [-0.15, -0.1) is 0 Å². The summed E-state index contributed by atoms with van der Waals surface area (Å²) in [6.07, 6.45) is -6.69. The molecule has 0 bridgehead atoms. The largest absolute Gasteiger partial charge is 0.490 e. The zero-order valence-electron chi connectivity index (χ0n) is 31.8. The molecule has 0 aromatic heterocycles. The third kappa shape index (κ3) is 9.68. The molecule has 1 heterocycles. The summed E-state index contributed by atoms with van der Waals surface area (Å²) in [7, 11) is -3.06. The Morgan fingerprint density at radius 2 is 1.37 bits per heavy atom. The van der Waals surface area contributed by atoms with Crippen molar-refractivity contribution in [2.45, 2.75) is 117 Å². The van der Waals surface area contributed by atoms with E-state index in [-0.39, 0.29) is 35.3 Å². The van der Waals surface area contributed by atoms with Crippen molar-refractivity contribution in [1.82, 2.24) is 4.90 Å². The van der Waals surface area contributed by atoms with E-state index in [1.165, 1.54) is 4.90 Å². The SMILES string of the molecule is CC(C)OC(=O)c1c(OC[C@H]2C[C@@H](O[Si](c3ccccc3)(c3ccccc3)C(C)(C)C)CN2C(=O)OC(C)(C)C)cc(C(F)(F)F)cc1OC(C)C. The number of rotatable bonds is 11. The number of nitrogens with zero attached hydrogens (tertiary/aromatic N) is 1. The maximum Gasteiger partial charge on any atom is 0.416 e. The van der Waals surface area contributed by atoms with Crippen LogP contribution in [0.1, 0.15) is 91.6 Å². The van der Waals surface area contributed by atoms with Crippen LogP contribution in [-0.4, -0.2) is 68.4 Å². The predicted molar refractivity (Wildman–Crippen MR) is 197 cm³/mol. The number of esters is 1. The van der Waals surface area contributed by atoms with Crippen LogP contribution < -0.4 is 19.8 Å². The van der Waals surface area contributed by atoms with Crippen molar-refractivity contribution in [3.05, 3.63) is 83.9 Å². The van der Waals surface area contributed by atoms with Crippen molar-refractivity contribution in [2.24, 2.45) is 0 Å². The highest BCUT2D eigenvalue weighted by atomic mass is 28.4. The van der Waals surface area contributed by atoms with Crippen molar-refractivity contribution >= 4 is 30.8 Å². The Kier molecular flexibility index (Phi) is 12.5. The molecule has 3 aromatic carbocycles. The summed E-state index contributed by atoms with van der Waals surface area (Å²) < 4.78 is 72.9. The number of likely N-dealkylation sites (tertiary alicyclic amines) is 1. The van der Waals surface area contributed by atoms with Gasteiger partial charge in [-0.3, -0.25) is 4.90 Å². The lowest BCUT2D eigenvalue weighted by Crippen LogP contribution is -2.67. The molecule has 1 amide bonds. The van der Waals surface area contributed by atoms with Crippen molar-refractivity contribution in [1.29, 1.82) is 0 Å². The van der Waals surface area contributed by atoms with Crippen LogP contribution in [-0.2, 0) is 20.1 Å². The molecule has 52 heavy (non-hydrogen) atoms. The zero-order valence-corrected chi connectivity index (χ0v) is 32.8. The quantitative estimate of drug-likeness (QED) is 0.144. The molecule has 284 valence electrons. The Morgan fingerprint density at radius 1 is 0.827 bits per heavy atom. The van der Waals surface area contributed by atoms with Gasteiger partial charge in [-0.2, -0.15) is 13.2 Å². The van der Waals surface area contributed by atoms with Crippen molar-refractivity contribution in [3.63, 3.8) is 0 Å². The Balaban J connectivity index is 1.78. The highest BCUT2D eigenvalue weighted by Crippen LogP contribution is 2.41. The van der Waals surface area contributed by atoms with Crippen LogP contribution >= 0.6 is 0 Å². The third-order valence-corrected chi connectivity index (χ3v) is 13.6. The number of hydrogen-bond acceptors (Lipinski definition) is 7. The number of benzene rings is 3. The number of carbonyl (C=O) groups excluding carboxylic acids is 2. The van der Waals surface area contributed by atoms with Crippen LogP contribution in [0.2, 0.25) is 5.04 Å². The minimum absolute atomic E-state index is 0.153. The van der Waals surface area contributed by atoms with Crippen LogP contribution in [0.25, 0.3) is 0 Å². The normalized spacial score (nSPS) is 17.0. The summed E-state index contributed by atoms with van der Waals surface area (Å²) in [4.78, 5) is 28.6. The first-order chi connectivity index (χ1) is 24.1. The maximum absolute atomic E-state index is 14.2. The van der Waals surface area contributed by atoms with Gasteiger partial charge >= 0.3 is 18.2 Å². The monoisotopic (exact) mass is 743 g/mol. The molecule has 0 aliphatic carbocycles. The van der Waals surface area contributed by atoms with Gasteiger partial charge in [0, 0.05) is 6.54 Å². The van der Waals surface area contributed by atoms with E-state index in [9.17, 15) is 22.8 Å². The Morgan fingerprint density at radius 3 is 1.83 bits per heavy atom. The standard InChI is InChI=1S/C40H52F3NO7Si/c1-26(2)48-34-22-28(40(41,42)43)21-33(35(34)36(45)49-27(3)4)47-25-29-23-30(24-44(29)37(46)50-38(5,6)7)51-52(39(8,9)10,31-17-13-11-14-18-31)32-19-15-12-16-20-32/h11-22,26-27,29-30H,23-25H2,1-10H3/t29-,30-/m1/s1. The molecular formula is C40H52F3NO7Si. The molecule has 0 N–H and O–H groups in total. The van der Waals surface area contributed by atoms with Gasteiger partial charge in [-0.25, -0.2) is 9.59 Å². The molecule has 0 saturated carbocycles. The summed E-state index contributed by atoms with van der Waals surface area (Å²) in [5.74, 6) is -1.57. The second-order valence-corrected chi connectivity index (χ2v) is 20.0. The molecule has 4 rings (SSSR count). The smallest absolute Gasteiger partial charge is 0.416 e. The molecule has 0 radical (unpaired) electrons. The number of ether oxygens (including phenoxy) is 4. The molecule has 1 aliphatic rings. The van der Waals surface area contributed by atoms with Crippen LogP contribution in [0.3, 0.4) is 0 Å². The van der Waals surface area contributed by atoms with Crippen molar-refractivity contribution in [3.8, 4) is 11.5 Å². The van der Waals surface area contributed by atoms with E-state index in [0.29, 0.717) is 6.42 Å². The van der Waals surface area contributed by atoms with Gasteiger partial charge in [-0.05, 0) is 82.4 Å². The number of hydrogen-bond donors (Lipinski definition) is 0. The zero-order chi connectivity index (χ0) is 38.6. The van der Waals surface area contributed by atoms with E-state index in [2.05, 4.69) is 45.0 Å². The minimum atomic E-state index is -4.77. The Labute approximate surface area is 306 Å². The molecule has 3 aromatic rings. The first kappa shape index (κ1) is 40.7. The number of carbonyl (C=O) groups is 2. The lowest BCUT2D eigenvalue weighted by molar-refractivity contribution is -0.137. The van der Waals surface area contributed by atoms with Gasteiger partial charge in [0.1, 0.15) is 29.3 Å². The number of halogens is 3. The molecule has 2 atom stereocenters. The molecule has 1 fully saturated rings. The summed E-state index contributed by atoms with van der Waals surface area (Å²) in [5.41, 5.74) is -2.14. The fraction of sp³-hybridized carbons (Fsp3) is 0.500. The van der Waals surface area contributed by atoms with Gasteiger partial charge in [0.2, 0.25) is 0 Å². The molecule has 0 spiro atoms. The molecule has 1 aliphatic heterocycles. The lowest BCUT2D eigenvalue weighted by atomic mass is 10.1. The molecule has 8 nitrogen and oxygen atoms in total. The van der Waals surface area contributed by atoms with E-state index < -0.39 is 62.1 Å². The molecule has 0 unspecified atom stereocenters. The van der Waals surface area contributed by atoms with Gasteiger partial charge in [-0.1, -0.05) is 81.4 Å². The second kappa shape index (κ2) is 15.9. The summed E-state index contributed by atoms with van der Waals surface area (Å²) in [6.45, 7) is 18.2. The van der Waals surface area contributed by atoms with Crippen LogP contribution in [0.15, 0.2) is 72.8 Å². The van der Waals surface area contributed by atoms with Crippen LogP contribution in [0.4, 0.5) is 18.0 Å². The van der Waals surface area contributed by atoms with E-state index in [4.69, 9.17) is 23.4 Å². The average molecular weight is 744 g/mol. The summed E-state index contributed by atoms with van der Waals surface area (Å²) in [6, 6.07) is 21.0. The van der Waals surface area contributed by atoms with E-state index in [1.54, 1.807) is 48.5 Å². The highest BCUT2D eigenvalue weighted by Gasteiger charge is 2.53. The highest BCUT2D eigenvalue weighted by molar-refractivity contribution is 6.99. The van der Waals surface area contributed by atoms with Crippen molar-refractivity contribution < 1.29 is 46.1 Å². The topological polar surface area (TPSA) is 83.5 Å². The van der Waals surface area contributed by atoms with Gasteiger partial charge in [0.15, 0.2) is 0 Å². The molecule has 1 saturated heterocycles. The van der Waals surface area contributed by atoms with Crippen LogP contribution in [0, 0.1) is 0 Å². The van der Waals surface area contributed by atoms with E-state index in [1.807, 2.05) is 36.4 Å². The summed E-state index contributed by atoms with van der Waals surface area (Å²) in [5, 5.41) is 1.77. The van der Waals surface area contributed by atoms with Crippen LogP contribution in [0.5, 0.6) is 11.5 Å². The molecular weight excluding hydrogens is 692 g/mol. The predicted octanol–water partition coefficient (Wildman–Crippen LogP) is 8.39. The number of amides is 1. The Hall–Kier alpha value is -4.03. The lowest BCUT2D eigenvalue weighted by Gasteiger charge is -2.44. The van der Waals surface area contributed by atoms with Gasteiger partial charge in [0.25, 0.3) is 8.32 Å². The van der Waals surface area contributed by atoms with Crippen molar-refractivity contribution in [2.75, 3.05) is 13.2 Å². The third-order valence-electron chi connectivity index (χ3n) is 8.50. The average Bonchev–Trinajstić information content (AvgIpc) is 3.43. The maximum atomic E-state index is 14.2. The van der Waals surface area contributed by atoms with E-state index >= 15 is 0 Å². The first-order valence-electron chi connectivity index (χ1n) is 17.7. The second-order valence-electron chi connectivity index (χ2n) is 15.7. The van der Waals surface area contributed by atoms with Gasteiger partial charge < -0.3 is 23.4 Å².